The average Bonchev–Trinajstić information content (AvgIpc) is 3.39. The minimum atomic E-state index is -0.386. The molecule has 40 heavy (non-hydrogen) atoms. The maximum absolute atomic E-state index is 13.3. The fourth-order valence-corrected chi connectivity index (χ4v) is 4.94. The molecule has 0 fully saturated rings. The van der Waals surface area contributed by atoms with E-state index >= 15 is 0 Å². The van der Waals surface area contributed by atoms with Gasteiger partial charge in [-0.15, -0.1) is 10.2 Å². The van der Waals surface area contributed by atoms with Gasteiger partial charge < -0.3 is 14.2 Å². The largest absolute Gasteiger partial charge is 0.493 e. The first-order valence-corrected chi connectivity index (χ1v) is 13.4. The van der Waals surface area contributed by atoms with Crippen LogP contribution in [0.4, 0.5) is 4.39 Å². The van der Waals surface area contributed by atoms with E-state index in [1.54, 1.807) is 14.2 Å². The van der Waals surface area contributed by atoms with Crippen LogP contribution in [0.3, 0.4) is 0 Å². The second kappa shape index (κ2) is 12.5. The minimum Gasteiger partial charge on any atom is -0.493 e. The number of ether oxygens (including phenoxy) is 3. The molecule has 0 amide bonds. The van der Waals surface area contributed by atoms with Gasteiger partial charge in [0.1, 0.15) is 23.1 Å². The number of rotatable bonds is 11. The molecule has 1 aromatic heterocycles. The molecule has 0 bridgehead atoms. The van der Waals surface area contributed by atoms with E-state index in [-0.39, 0.29) is 17.4 Å². The molecule has 0 saturated heterocycles. The summed E-state index contributed by atoms with van der Waals surface area (Å²) in [6, 6.07) is 28.4. The Hall–Kier alpha value is -4.63. The number of carbonyl (C=O) groups excluding carboxylic acids is 1. The van der Waals surface area contributed by atoms with E-state index < -0.39 is 0 Å². The van der Waals surface area contributed by atoms with Crippen LogP contribution in [-0.4, -0.2) is 40.5 Å². The van der Waals surface area contributed by atoms with E-state index in [0.29, 0.717) is 40.2 Å². The third-order valence-electron chi connectivity index (χ3n) is 6.08. The number of ketones is 1. The number of para-hydroxylation sites is 1. The number of thioether (sulfide) groups is 1. The van der Waals surface area contributed by atoms with E-state index in [1.807, 2.05) is 77.4 Å². The van der Waals surface area contributed by atoms with Gasteiger partial charge in [-0.25, -0.2) is 4.39 Å². The first-order chi connectivity index (χ1) is 19.5. The van der Waals surface area contributed by atoms with Crippen LogP contribution in [0.1, 0.15) is 21.7 Å². The summed E-state index contributed by atoms with van der Waals surface area (Å²) in [5.74, 6) is 2.96. The SMILES string of the molecule is COc1ccc(Cc2nnc(SCC(=O)c3ccc(F)cc3)n2-c2ccc(Oc3ccccc3)cc2)cc1OC. The number of methoxy groups -OCH3 is 2. The Morgan fingerprint density at radius 3 is 2.23 bits per heavy atom. The summed E-state index contributed by atoms with van der Waals surface area (Å²) in [6.45, 7) is 0. The molecular formula is C31H26FN3O4S. The summed E-state index contributed by atoms with van der Waals surface area (Å²) in [5, 5.41) is 9.44. The molecule has 5 rings (SSSR count). The van der Waals surface area contributed by atoms with E-state index in [2.05, 4.69) is 10.2 Å². The normalized spacial score (nSPS) is 10.8. The number of carbonyl (C=O) groups is 1. The molecule has 9 heteroatoms. The Bertz CT molecular complexity index is 1590. The predicted octanol–water partition coefficient (Wildman–Crippen LogP) is 6.78. The van der Waals surface area contributed by atoms with Crippen molar-refractivity contribution in [1.82, 2.24) is 14.8 Å². The Labute approximate surface area is 235 Å². The standard InChI is InChI=1S/C31H26FN3O4S/c1-37-28-17-8-21(18-29(28)38-2)19-30-33-34-31(40-20-27(36)22-9-11-23(32)12-10-22)35(30)24-13-15-26(16-14-24)39-25-6-4-3-5-7-25/h3-18H,19-20H2,1-2H3. The molecule has 0 saturated carbocycles. The summed E-state index contributed by atoms with van der Waals surface area (Å²) in [7, 11) is 3.19. The average molecular weight is 556 g/mol. The van der Waals surface area contributed by atoms with Gasteiger partial charge in [-0.3, -0.25) is 9.36 Å². The summed E-state index contributed by atoms with van der Waals surface area (Å²) >= 11 is 1.27. The number of aromatic nitrogens is 3. The van der Waals surface area contributed by atoms with Crippen molar-refractivity contribution >= 4 is 17.5 Å². The zero-order chi connectivity index (χ0) is 27.9. The zero-order valence-electron chi connectivity index (χ0n) is 21.9. The molecular weight excluding hydrogens is 529 g/mol. The van der Waals surface area contributed by atoms with Crippen LogP contribution in [0.2, 0.25) is 0 Å². The molecule has 0 atom stereocenters. The van der Waals surface area contributed by atoms with E-state index in [1.165, 1.54) is 36.0 Å². The highest BCUT2D eigenvalue weighted by Gasteiger charge is 2.18. The van der Waals surface area contributed by atoms with Crippen molar-refractivity contribution in [3.63, 3.8) is 0 Å². The van der Waals surface area contributed by atoms with Gasteiger partial charge in [0.15, 0.2) is 22.4 Å². The molecule has 0 aliphatic rings. The maximum Gasteiger partial charge on any atom is 0.196 e. The second-order valence-electron chi connectivity index (χ2n) is 8.73. The first kappa shape index (κ1) is 27.0. The van der Waals surface area contributed by atoms with Gasteiger partial charge in [-0.1, -0.05) is 36.0 Å². The number of hydrogen-bond donors (Lipinski definition) is 0. The van der Waals surface area contributed by atoms with Gasteiger partial charge in [0, 0.05) is 17.7 Å². The molecule has 5 aromatic rings. The van der Waals surface area contributed by atoms with Crippen LogP contribution in [-0.2, 0) is 6.42 Å². The topological polar surface area (TPSA) is 75.5 Å². The number of hydrogen-bond acceptors (Lipinski definition) is 7. The lowest BCUT2D eigenvalue weighted by atomic mass is 10.1. The zero-order valence-corrected chi connectivity index (χ0v) is 22.7. The lowest BCUT2D eigenvalue weighted by Crippen LogP contribution is -2.07. The maximum atomic E-state index is 13.3. The van der Waals surface area contributed by atoms with Gasteiger partial charge in [0.25, 0.3) is 0 Å². The Kier molecular flexibility index (Phi) is 8.41. The van der Waals surface area contributed by atoms with Crippen LogP contribution in [0.15, 0.2) is 102 Å². The van der Waals surface area contributed by atoms with Crippen molar-refractivity contribution in [2.75, 3.05) is 20.0 Å². The number of nitrogens with zero attached hydrogens (tertiary/aromatic N) is 3. The Morgan fingerprint density at radius 2 is 1.52 bits per heavy atom. The first-order valence-electron chi connectivity index (χ1n) is 12.4. The van der Waals surface area contributed by atoms with Gasteiger partial charge in [0.05, 0.1) is 20.0 Å². The summed E-state index contributed by atoms with van der Waals surface area (Å²) in [5.41, 5.74) is 2.21. The highest BCUT2D eigenvalue weighted by atomic mass is 32.2. The van der Waals surface area contributed by atoms with Crippen molar-refractivity contribution < 1.29 is 23.4 Å². The molecule has 7 nitrogen and oxygen atoms in total. The predicted molar refractivity (Wildman–Crippen MR) is 152 cm³/mol. The summed E-state index contributed by atoms with van der Waals surface area (Å²) in [4.78, 5) is 12.8. The fourth-order valence-electron chi connectivity index (χ4n) is 4.08. The Balaban J connectivity index is 1.43. The lowest BCUT2D eigenvalue weighted by molar-refractivity contribution is 0.102. The van der Waals surface area contributed by atoms with Crippen LogP contribution < -0.4 is 14.2 Å². The highest BCUT2D eigenvalue weighted by molar-refractivity contribution is 7.99. The van der Waals surface area contributed by atoms with E-state index in [9.17, 15) is 9.18 Å². The third-order valence-corrected chi connectivity index (χ3v) is 7.01. The molecule has 0 radical (unpaired) electrons. The number of halogens is 1. The van der Waals surface area contributed by atoms with Crippen molar-refractivity contribution in [1.29, 1.82) is 0 Å². The molecule has 0 aliphatic heterocycles. The Morgan fingerprint density at radius 1 is 0.825 bits per heavy atom. The van der Waals surface area contributed by atoms with Crippen molar-refractivity contribution in [2.24, 2.45) is 0 Å². The minimum absolute atomic E-state index is 0.120. The molecule has 1 heterocycles. The van der Waals surface area contributed by atoms with Crippen LogP contribution in [0.25, 0.3) is 5.69 Å². The molecule has 0 N–H and O–H groups in total. The van der Waals surface area contributed by atoms with Crippen molar-refractivity contribution in [3.8, 4) is 28.7 Å². The van der Waals surface area contributed by atoms with Crippen LogP contribution >= 0.6 is 11.8 Å². The van der Waals surface area contributed by atoms with Gasteiger partial charge in [-0.05, 0) is 78.4 Å². The smallest absolute Gasteiger partial charge is 0.196 e. The molecule has 4 aromatic carbocycles. The van der Waals surface area contributed by atoms with Crippen molar-refractivity contribution in [3.05, 3.63) is 120 Å². The number of Topliss-reactive ketones (excluding diaryl/α,β-unsaturated/α-hetero) is 1. The van der Waals surface area contributed by atoms with Crippen LogP contribution in [0.5, 0.6) is 23.0 Å². The van der Waals surface area contributed by atoms with E-state index in [4.69, 9.17) is 14.2 Å². The third kappa shape index (κ3) is 6.32. The monoisotopic (exact) mass is 555 g/mol. The highest BCUT2D eigenvalue weighted by Crippen LogP contribution is 2.31. The molecule has 0 spiro atoms. The number of benzene rings is 4. The molecule has 202 valence electrons. The quantitative estimate of drug-likeness (QED) is 0.131. The summed E-state index contributed by atoms with van der Waals surface area (Å²) in [6.07, 6.45) is 0.460. The molecule has 0 aliphatic carbocycles. The van der Waals surface area contributed by atoms with Gasteiger partial charge in [0.2, 0.25) is 0 Å². The fraction of sp³-hybridized carbons (Fsp3) is 0.129. The van der Waals surface area contributed by atoms with Crippen LogP contribution in [0, 0.1) is 5.82 Å². The second-order valence-corrected chi connectivity index (χ2v) is 9.67. The van der Waals surface area contributed by atoms with E-state index in [0.717, 1.165) is 17.0 Å². The van der Waals surface area contributed by atoms with Gasteiger partial charge in [-0.2, -0.15) is 0 Å². The summed E-state index contributed by atoms with van der Waals surface area (Å²) < 4.78 is 32.0. The lowest BCUT2D eigenvalue weighted by Gasteiger charge is -2.13. The molecule has 0 unspecified atom stereocenters. The van der Waals surface area contributed by atoms with Crippen molar-refractivity contribution in [2.45, 2.75) is 11.6 Å². The van der Waals surface area contributed by atoms with Gasteiger partial charge >= 0.3 is 0 Å².